The third-order valence-electron chi connectivity index (χ3n) is 4.52. The maximum atomic E-state index is 11.7. The number of aryl methyl sites for hydroxylation is 1. The summed E-state index contributed by atoms with van der Waals surface area (Å²) in [5.74, 6) is 0.0676. The molecule has 2 aromatic heterocycles. The summed E-state index contributed by atoms with van der Waals surface area (Å²) in [7, 11) is 1.84. The van der Waals surface area contributed by atoms with Crippen LogP contribution in [0.1, 0.15) is 26.2 Å². The first kappa shape index (κ1) is 13.8. The average Bonchev–Trinajstić information content (AvgIpc) is 2.89. The lowest BCUT2D eigenvalue weighted by molar-refractivity contribution is -0.149. The summed E-state index contributed by atoms with van der Waals surface area (Å²) in [6, 6.07) is 0. The Morgan fingerprint density at radius 3 is 3.00 bits per heavy atom. The van der Waals surface area contributed by atoms with Gasteiger partial charge in [-0.05, 0) is 19.3 Å². The van der Waals surface area contributed by atoms with E-state index in [2.05, 4.69) is 20.0 Å². The molecular formula is C14H19N5O2. The number of hydrogen-bond acceptors (Lipinski definition) is 5. The molecule has 112 valence electrons. The molecule has 2 aromatic rings. The van der Waals surface area contributed by atoms with Gasteiger partial charge in [0.05, 0.1) is 17.0 Å². The smallest absolute Gasteiger partial charge is 0.311 e. The molecule has 1 fully saturated rings. The highest BCUT2D eigenvalue weighted by atomic mass is 16.4. The molecule has 3 rings (SSSR count). The molecule has 1 saturated heterocycles. The number of carboxylic acids is 1. The van der Waals surface area contributed by atoms with Crippen molar-refractivity contribution >= 4 is 22.8 Å². The Labute approximate surface area is 122 Å². The maximum absolute atomic E-state index is 11.7. The third-order valence-corrected chi connectivity index (χ3v) is 4.52. The van der Waals surface area contributed by atoms with Crippen molar-refractivity contribution in [1.29, 1.82) is 0 Å². The van der Waals surface area contributed by atoms with Crippen LogP contribution in [0.2, 0.25) is 0 Å². The van der Waals surface area contributed by atoms with E-state index in [-0.39, 0.29) is 0 Å². The molecule has 0 radical (unpaired) electrons. The van der Waals surface area contributed by atoms with Crippen LogP contribution in [0.4, 0.5) is 5.82 Å². The Hall–Kier alpha value is -2.18. The van der Waals surface area contributed by atoms with Crippen LogP contribution >= 0.6 is 0 Å². The quantitative estimate of drug-likeness (QED) is 0.920. The molecule has 0 spiro atoms. The molecule has 0 amide bonds. The molecule has 1 aliphatic rings. The minimum absolute atomic E-state index is 0.486. The predicted octanol–water partition coefficient (Wildman–Crippen LogP) is 1.44. The number of hydrogen-bond donors (Lipinski definition) is 1. The number of anilines is 1. The topological polar surface area (TPSA) is 84.1 Å². The van der Waals surface area contributed by atoms with E-state index in [1.165, 1.54) is 6.33 Å². The summed E-state index contributed by atoms with van der Waals surface area (Å²) in [5.41, 5.74) is 0.0839. The van der Waals surface area contributed by atoms with E-state index in [1.807, 2.05) is 14.0 Å². The Morgan fingerprint density at radius 2 is 2.29 bits per heavy atom. The highest BCUT2D eigenvalue weighted by Gasteiger charge is 2.41. The first-order valence-electron chi connectivity index (χ1n) is 7.18. The first-order chi connectivity index (χ1) is 10.1. The van der Waals surface area contributed by atoms with Gasteiger partial charge in [0.1, 0.15) is 12.1 Å². The number of rotatable bonds is 3. The van der Waals surface area contributed by atoms with Crippen LogP contribution in [0, 0.1) is 5.41 Å². The van der Waals surface area contributed by atoms with Gasteiger partial charge in [0.2, 0.25) is 0 Å². The summed E-state index contributed by atoms with van der Waals surface area (Å²) in [6.07, 6.45) is 5.46. The fourth-order valence-corrected chi connectivity index (χ4v) is 3.13. The predicted molar refractivity (Wildman–Crippen MR) is 78.1 cm³/mol. The first-order valence-corrected chi connectivity index (χ1v) is 7.18. The van der Waals surface area contributed by atoms with Gasteiger partial charge in [-0.25, -0.2) is 9.97 Å². The number of fused-ring (bicyclic) bond motifs is 1. The fraction of sp³-hybridized carbons (Fsp3) is 0.571. The van der Waals surface area contributed by atoms with Crippen molar-refractivity contribution in [3.05, 3.63) is 12.5 Å². The van der Waals surface area contributed by atoms with E-state index >= 15 is 0 Å². The molecule has 21 heavy (non-hydrogen) atoms. The van der Waals surface area contributed by atoms with Gasteiger partial charge in [-0.15, -0.1) is 0 Å². The molecule has 0 aromatic carbocycles. The van der Waals surface area contributed by atoms with Gasteiger partial charge in [0.25, 0.3) is 0 Å². The zero-order valence-electron chi connectivity index (χ0n) is 12.3. The monoisotopic (exact) mass is 289 g/mol. The van der Waals surface area contributed by atoms with E-state index in [9.17, 15) is 9.90 Å². The second-order valence-corrected chi connectivity index (χ2v) is 5.67. The lowest BCUT2D eigenvalue weighted by Gasteiger charge is -2.40. The number of carboxylic acid groups (broad SMARTS) is 1. The summed E-state index contributed by atoms with van der Waals surface area (Å²) in [4.78, 5) is 22.3. The highest BCUT2D eigenvalue weighted by Crippen LogP contribution is 2.36. The van der Waals surface area contributed by atoms with Crippen LogP contribution in [0.25, 0.3) is 11.0 Å². The van der Waals surface area contributed by atoms with Gasteiger partial charge in [0.15, 0.2) is 5.65 Å². The van der Waals surface area contributed by atoms with Crippen molar-refractivity contribution in [1.82, 2.24) is 19.7 Å². The van der Waals surface area contributed by atoms with E-state index in [0.717, 1.165) is 36.2 Å². The van der Waals surface area contributed by atoms with Crippen LogP contribution in [0.5, 0.6) is 0 Å². The van der Waals surface area contributed by atoms with Crippen molar-refractivity contribution in [3.63, 3.8) is 0 Å². The fourth-order valence-electron chi connectivity index (χ4n) is 3.13. The Morgan fingerprint density at radius 1 is 1.48 bits per heavy atom. The highest BCUT2D eigenvalue weighted by molar-refractivity contribution is 5.87. The van der Waals surface area contributed by atoms with E-state index in [1.54, 1.807) is 10.9 Å². The van der Waals surface area contributed by atoms with Crippen LogP contribution < -0.4 is 4.90 Å². The number of aromatic nitrogens is 4. The van der Waals surface area contributed by atoms with E-state index < -0.39 is 11.4 Å². The van der Waals surface area contributed by atoms with Gasteiger partial charge in [-0.3, -0.25) is 9.48 Å². The molecule has 0 aliphatic carbocycles. The van der Waals surface area contributed by atoms with Gasteiger partial charge in [-0.1, -0.05) is 6.92 Å². The summed E-state index contributed by atoms with van der Waals surface area (Å²) < 4.78 is 1.70. The molecule has 7 nitrogen and oxygen atoms in total. The molecule has 0 bridgehead atoms. The molecule has 1 N–H and O–H groups in total. The summed E-state index contributed by atoms with van der Waals surface area (Å²) in [5, 5.41) is 14.7. The minimum atomic E-state index is -0.716. The van der Waals surface area contributed by atoms with Crippen LogP contribution in [0.15, 0.2) is 12.5 Å². The third kappa shape index (κ3) is 2.12. The molecule has 7 heteroatoms. The van der Waals surface area contributed by atoms with Gasteiger partial charge >= 0.3 is 5.97 Å². The molecule has 1 atom stereocenters. The zero-order valence-corrected chi connectivity index (χ0v) is 12.3. The second-order valence-electron chi connectivity index (χ2n) is 5.67. The maximum Gasteiger partial charge on any atom is 0.311 e. The summed E-state index contributed by atoms with van der Waals surface area (Å²) in [6.45, 7) is 3.24. The molecule has 3 heterocycles. The van der Waals surface area contributed by atoms with Gasteiger partial charge < -0.3 is 10.0 Å². The summed E-state index contributed by atoms with van der Waals surface area (Å²) >= 11 is 0. The Balaban J connectivity index is 2.01. The van der Waals surface area contributed by atoms with Crippen molar-refractivity contribution in [2.45, 2.75) is 26.2 Å². The van der Waals surface area contributed by atoms with Gasteiger partial charge in [0, 0.05) is 20.1 Å². The lowest BCUT2D eigenvalue weighted by Crippen LogP contribution is -2.48. The molecule has 1 unspecified atom stereocenters. The van der Waals surface area contributed by atoms with Crippen molar-refractivity contribution in [2.24, 2.45) is 12.5 Å². The number of carbonyl (C=O) groups is 1. The van der Waals surface area contributed by atoms with Crippen LogP contribution in [0.3, 0.4) is 0 Å². The van der Waals surface area contributed by atoms with Gasteiger partial charge in [-0.2, -0.15) is 5.10 Å². The molecule has 1 aliphatic heterocycles. The Kier molecular flexibility index (Phi) is 3.27. The standard InChI is InChI=1S/C14H19N5O2/c1-3-14(13(20)21)5-4-6-19(8-14)12-10-7-17-18(2)11(10)15-9-16-12/h7,9H,3-6,8H2,1-2H3,(H,20,21). The van der Waals surface area contributed by atoms with E-state index in [4.69, 9.17) is 0 Å². The second kappa shape index (κ2) is 4.98. The SMILES string of the molecule is CCC1(C(=O)O)CCCN(c2ncnc3c2cnn3C)C1. The average molecular weight is 289 g/mol. The van der Waals surface area contributed by atoms with Crippen LogP contribution in [-0.4, -0.2) is 43.9 Å². The van der Waals surface area contributed by atoms with E-state index in [0.29, 0.717) is 13.0 Å². The van der Waals surface area contributed by atoms with Crippen molar-refractivity contribution < 1.29 is 9.90 Å². The lowest BCUT2D eigenvalue weighted by atomic mass is 9.77. The zero-order chi connectivity index (χ0) is 15.0. The number of aliphatic carboxylic acids is 1. The van der Waals surface area contributed by atoms with Crippen LogP contribution in [-0.2, 0) is 11.8 Å². The number of nitrogens with zero attached hydrogens (tertiary/aromatic N) is 5. The number of piperidine rings is 1. The normalized spacial score (nSPS) is 22.7. The minimum Gasteiger partial charge on any atom is -0.481 e. The molecular weight excluding hydrogens is 270 g/mol. The largest absolute Gasteiger partial charge is 0.481 e. The molecule has 0 saturated carbocycles. The van der Waals surface area contributed by atoms with Crippen molar-refractivity contribution in [3.8, 4) is 0 Å². The Bertz CT molecular complexity index is 683. The van der Waals surface area contributed by atoms with Crippen molar-refractivity contribution in [2.75, 3.05) is 18.0 Å².